The number of aromatic nitrogens is 2. The van der Waals surface area contributed by atoms with Gasteiger partial charge in [-0.2, -0.15) is 0 Å². The van der Waals surface area contributed by atoms with Crippen molar-refractivity contribution < 1.29 is 16.4 Å². The molecule has 0 saturated carbocycles. The molecule has 3 heterocycles. The van der Waals surface area contributed by atoms with Crippen molar-refractivity contribution in [2.24, 2.45) is 5.41 Å². The molecule has 1 amide bonds. The number of anilines is 1. The zero-order chi connectivity index (χ0) is 17.8. The van der Waals surface area contributed by atoms with E-state index in [2.05, 4.69) is 23.4 Å². The molecule has 0 bridgehead atoms. The highest BCUT2D eigenvalue weighted by molar-refractivity contribution is 6.46. The molecule has 7 heteroatoms. The van der Waals surface area contributed by atoms with E-state index in [1.807, 2.05) is 6.07 Å². The molecule has 0 unspecified atom stereocenters. The number of carbonyl (C=O) groups excluding carboxylic acids is 1. The smallest absolute Gasteiger partial charge is 0.327 e. The van der Waals surface area contributed by atoms with Crippen molar-refractivity contribution in [3.63, 3.8) is 0 Å². The monoisotopic (exact) mass is 340 g/mol. The van der Waals surface area contributed by atoms with Crippen molar-refractivity contribution in [3.05, 3.63) is 40.8 Å². The third kappa shape index (κ3) is 2.50. The van der Waals surface area contributed by atoms with Crippen LogP contribution in [0.4, 0.5) is 5.82 Å². The van der Waals surface area contributed by atoms with E-state index in [-0.39, 0.29) is 19.4 Å². The van der Waals surface area contributed by atoms with Gasteiger partial charge in [0.1, 0.15) is 11.5 Å². The number of rotatable bonds is 3. The van der Waals surface area contributed by atoms with Crippen LogP contribution in [0, 0.1) is 5.41 Å². The van der Waals surface area contributed by atoms with E-state index in [0.29, 0.717) is 35.6 Å². The Bertz CT molecular complexity index is 866. The third-order valence-corrected chi connectivity index (χ3v) is 5.25. The predicted molar refractivity (Wildman–Crippen MR) is 97.2 cm³/mol. The maximum absolute atomic E-state index is 13.1. The fraction of sp³-hybridized carbons (Fsp3) is 0.444. The van der Waals surface area contributed by atoms with Crippen LogP contribution in [0.15, 0.2) is 18.3 Å². The maximum atomic E-state index is 13.1. The zero-order valence-electron chi connectivity index (χ0n) is 14.5. The fourth-order valence-corrected chi connectivity index (χ4v) is 4.12. The van der Waals surface area contributed by atoms with Crippen molar-refractivity contribution in [2.75, 3.05) is 11.4 Å². The van der Waals surface area contributed by atoms with E-state index in [9.17, 15) is 14.9 Å². The molecule has 4 rings (SSSR count). The van der Waals surface area contributed by atoms with Gasteiger partial charge in [0.15, 0.2) is 0 Å². The molecule has 1 aliphatic heterocycles. The molecular formula is C18H23BN3O3. The van der Waals surface area contributed by atoms with Crippen LogP contribution in [-0.2, 0) is 26.0 Å². The van der Waals surface area contributed by atoms with Crippen molar-refractivity contribution in [1.82, 2.24) is 9.55 Å². The molecule has 2 aromatic heterocycles. The quantitative estimate of drug-likeness (QED) is 0.804. The Kier molecular flexibility index (Phi) is 3.74. The molecule has 1 radical (unpaired) electrons. The maximum Gasteiger partial charge on any atom is 0.327 e. The SMILES string of the molecule is CC1(C)Cc2cc3n(c2C1)CCN(c1nccc([B]O)c1CO)C3=O.[HH]. The first-order valence-electron chi connectivity index (χ1n) is 8.54. The molecular weight excluding hydrogens is 317 g/mol. The summed E-state index contributed by atoms with van der Waals surface area (Å²) < 4.78 is 2.14. The Labute approximate surface area is 148 Å². The van der Waals surface area contributed by atoms with E-state index >= 15 is 0 Å². The number of fused-ring (bicyclic) bond motifs is 3. The average molecular weight is 340 g/mol. The zero-order valence-corrected chi connectivity index (χ0v) is 14.5. The minimum atomic E-state index is -0.287. The topological polar surface area (TPSA) is 78.6 Å². The summed E-state index contributed by atoms with van der Waals surface area (Å²) >= 11 is 0. The lowest BCUT2D eigenvalue weighted by Crippen LogP contribution is -2.42. The van der Waals surface area contributed by atoms with Gasteiger partial charge in [0.2, 0.25) is 0 Å². The van der Waals surface area contributed by atoms with E-state index in [1.54, 1.807) is 17.2 Å². The summed E-state index contributed by atoms with van der Waals surface area (Å²) in [7, 11) is 0.935. The largest absolute Gasteiger partial charge is 0.450 e. The Morgan fingerprint density at radius 3 is 2.88 bits per heavy atom. The highest BCUT2D eigenvalue weighted by Gasteiger charge is 2.37. The van der Waals surface area contributed by atoms with Gasteiger partial charge in [-0.3, -0.25) is 9.69 Å². The van der Waals surface area contributed by atoms with Gasteiger partial charge in [-0.25, -0.2) is 4.98 Å². The van der Waals surface area contributed by atoms with Gasteiger partial charge in [-0.15, -0.1) is 0 Å². The summed E-state index contributed by atoms with van der Waals surface area (Å²) in [5, 5.41) is 19.0. The molecule has 2 aliphatic rings. The second-order valence-electron chi connectivity index (χ2n) is 7.62. The van der Waals surface area contributed by atoms with Gasteiger partial charge >= 0.3 is 7.48 Å². The summed E-state index contributed by atoms with van der Waals surface area (Å²) in [6, 6.07) is 3.63. The summed E-state index contributed by atoms with van der Waals surface area (Å²) in [5.41, 5.74) is 4.43. The van der Waals surface area contributed by atoms with Crippen LogP contribution in [-0.4, -0.2) is 39.6 Å². The minimum absolute atomic E-state index is 0. The first-order valence-corrected chi connectivity index (χ1v) is 8.54. The van der Waals surface area contributed by atoms with E-state index in [4.69, 9.17) is 0 Å². The molecule has 0 aromatic carbocycles. The lowest BCUT2D eigenvalue weighted by atomic mass is 9.85. The fourth-order valence-electron chi connectivity index (χ4n) is 4.12. The molecule has 6 nitrogen and oxygen atoms in total. The molecule has 0 saturated heterocycles. The number of carbonyl (C=O) groups is 1. The second kappa shape index (κ2) is 5.71. The Morgan fingerprint density at radius 2 is 2.16 bits per heavy atom. The van der Waals surface area contributed by atoms with Crippen LogP contribution in [0.1, 0.15) is 42.6 Å². The van der Waals surface area contributed by atoms with E-state index < -0.39 is 0 Å². The van der Waals surface area contributed by atoms with Crippen LogP contribution < -0.4 is 10.4 Å². The van der Waals surface area contributed by atoms with Gasteiger partial charge in [0.25, 0.3) is 5.91 Å². The normalized spacial score (nSPS) is 18.2. The number of pyridine rings is 1. The van der Waals surface area contributed by atoms with Gasteiger partial charge in [0.05, 0.1) is 6.61 Å². The number of hydrogen-bond acceptors (Lipinski definition) is 4. The van der Waals surface area contributed by atoms with Gasteiger partial charge in [-0.1, -0.05) is 13.8 Å². The van der Waals surface area contributed by atoms with Crippen molar-refractivity contribution in [2.45, 2.75) is 39.8 Å². The molecule has 131 valence electrons. The highest BCUT2D eigenvalue weighted by atomic mass is 16.3. The third-order valence-electron chi connectivity index (χ3n) is 5.25. The molecule has 0 atom stereocenters. The molecule has 2 N–H and O–H groups in total. The van der Waals surface area contributed by atoms with Crippen LogP contribution in [0.2, 0.25) is 0 Å². The number of hydrogen-bond donors (Lipinski definition) is 2. The van der Waals surface area contributed by atoms with Gasteiger partial charge < -0.3 is 14.7 Å². The van der Waals surface area contributed by atoms with E-state index in [0.717, 1.165) is 20.3 Å². The molecule has 1 aliphatic carbocycles. The van der Waals surface area contributed by atoms with Gasteiger partial charge in [0, 0.05) is 32.0 Å². The number of aliphatic hydroxyl groups is 1. The van der Waals surface area contributed by atoms with Gasteiger partial charge in [-0.05, 0) is 41.4 Å². The van der Waals surface area contributed by atoms with Crippen LogP contribution in [0.3, 0.4) is 0 Å². The van der Waals surface area contributed by atoms with Crippen molar-refractivity contribution in [1.29, 1.82) is 0 Å². The lowest BCUT2D eigenvalue weighted by molar-refractivity contribution is 0.0962. The average Bonchev–Trinajstić information content (AvgIpc) is 3.07. The molecule has 0 spiro atoms. The first kappa shape index (κ1) is 16.4. The number of aliphatic hydroxyl groups excluding tert-OH is 1. The minimum Gasteiger partial charge on any atom is -0.450 e. The number of nitrogens with zero attached hydrogens (tertiary/aromatic N) is 3. The lowest BCUT2D eigenvalue weighted by Gasteiger charge is -2.30. The predicted octanol–water partition coefficient (Wildman–Crippen LogP) is 0.643. The van der Waals surface area contributed by atoms with Crippen molar-refractivity contribution >= 4 is 24.7 Å². The highest BCUT2D eigenvalue weighted by Crippen LogP contribution is 2.39. The molecule has 2 aromatic rings. The van der Waals surface area contributed by atoms with Crippen LogP contribution >= 0.6 is 0 Å². The summed E-state index contributed by atoms with van der Waals surface area (Å²) in [6.07, 6.45) is 3.52. The summed E-state index contributed by atoms with van der Waals surface area (Å²) in [5.74, 6) is 0.319. The van der Waals surface area contributed by atoms with Crippen molar-refractivity contribution in [3.8, 4) is 0 Å². The Morgan fingerprint density at radius 1 is 1.36 bits per heavy atom. The Balaban J connectivity index is 0.00000196. The van der Waals surface area contributed by atoms with E-state index in [1.165, 1.54) is 11.3 Å². The molecule has 25 heavy (non-hydrogen) atoms. The summed E-state index contributed by atoms with van der Waals surface area (Å²) in [4.78, 5) is 19.0. The van der Waals surface area contributed by atoms with Crippen LogP contribution in [0.25, 0.3) is 0 Å². The first-order chi connectivity index (χ1) is 11.9. The Hall–Kier alpha value is -2.12. The number of amides is 1. The van der Waals surface area contributed by atoms with Crippen LogP contribution in [0.5, 0.6) is 0 Å². The summed E-state index contributed by atoms with van der Waals surface area (Å²) in [6.45, 7) is 5.44. The second-order valence-corrected chi connectivity index (χ2v) is 7.62. The standard InChI is InChI=1S/C18H21BN3O3.H2/c1-18(2)8-11-7-14-17(24)22(6-5-21(14)15(11)9-18)16-12(10-23)13(19-25)3-4-20-16;/h3-4,7,23,25H,5-6,8-10H2,1-2H3;1H. The molecule has 0 fully saturated rings.